The lowest BCUT2D eigenvalue weighted by atomic mass is 10.1. The van der Waals surface area contributed by atoms with Gasteiger partial charge in [0.25, 0.3) is 0 Å². The average Bonchev–Trinajstić information content (AvgIpc) is 2.81. The van der Waals surface area contributed by atoms with Gasteiger partial charge in [-0.25, -0.2) is 4.79 Å². The zero-order valence-corrected chi connectivity index (χ0v) is 20.6. The smallest absolute Gasteiger partial charge is 0.326 e. The number of rotatable bonds is 23. The maximum atomic E-state index is 11.7. The van der Waals surface area contributed by atoms with E-state index in [0.717, 1.165) is 0 Å². The minimum absolute atomic E-state index is 0.0161. The first-order valence-electron chi connectivity index (χ1n) is 11.6. The van der Waals surface area contributed by atoms with Crippen LogP contribution >= 0.6 is 0 Å². The molecule has 13 heteroatoms. The van der Waals surface area contributed by atoms with Gasteiger partial charge in [-0.15, -0.1) is 0 Å². The fourth-order valence-electron chi connectivity index (χ4n) is 2.46. The predicted molar refractivity (Wildman–Crippen MR) is 124 cm³/mol. The number of ketones is 1. The van der Waals surface area contributed by atoms with Gasteiger partial charge in [-0.3, -0.25) is 14.4 Å². The SMILES string of the molecule is CCC(=O)NCCOCCCOCC(=O)NCCOCCOCC(=O)N[C@@H](CCC(C)=O)C(=O)O. The van der Waals surface area contributed by atoms with Crippen LogP contribution in [0.5, 0.6) is 0 Å². The van der Waals surface area contributed by atoms with Crippen molar-refractivity contribution in [1.29, 1.82) is 0 Å². The summed E-state index contributed by atoms with van der Waals surface area (Å²) < 4.78 is 21.0. The molecule has 13 nitrogen and oxygen atoms in total. The molecule has 0 saturated carbocycles. The number of carboxylic acid groups (broad SMARTS) is 1. The molecule has 1 atom stereocenters. The Bertz CT molecular complexity index is 645. The highest BCUT2D eigenvalue weighted by Crippen LogP contribution is 1.99. The number of hydrogen-bond donors (Lipinski definition) is 4. The molecule has 0 aliphatic rings. The molecule has 0 spiro atoms. The molecule has 35 heavy (non-hydrogen) atoms. The highest BCUT2D eigenvalue weighted by Gasteiger charge is 2.20. The van der Waals surface area contributed by atoms with Gasteiger partial charge in [-0.05, 0) is 19.8 Å². The number of nitrogens with one attached hydrogen (secondary N) is 3. The summed E-state index contributed by atoms with van der Waals surface area (Å²) in [5, 5.41) is 16.7. The van der Waals surface area contributed by atoms with Gasteiger partial charge in [-0.1, -0.05) is 6.92 Å². The molecule has 0 aromatic heterocycles. The molecular weight excluding hydrogens is 466 g/mol. The number of carbonyl (C=O) groups is 5. The number of hydrogen-bond acceptors (Lipinski definition) is 9. The van der Waals surface area contributed by atoms with Crippen molar-refractivity contribution in [2.45, 2.75) is 45.6 Å². The first kappa shape index (κ1) is 32.4. The Morgan fingerprint density at radius 2 is 1.29 bits per heavy atom. The summed E-state index contributed by atoms with van der Waals surface area (Å²) in [4.78, 5) is 56.4. The summed E-state index contributed by atoms with van der Waals surface area (Å²) in [7, 11) is 0. The van der Waals surface area contributed by atoms with E-state index < -0.39 is 17.9 Å². The Balaban J connectivity index is 3.53. The van der Waals surface area contributed by atoms with Gasteiger partial charge in [0.05, 0.1) is 26.4 Å². The molecule has 0 aromatic carbocycles. The molecule has 202 valence electrons. The van der Waals surface area contributed by atoms with E-state index in [9.17, 15) is 24.0 Å². The van der Waals surface area contributed by atoms with Crippen LogP contribution in [-0.2, 0) is 42.9 Å². The molecule has 0 aliphatic heterocycles. The Morgan fingerprint density at radius 3 is 1.91 bits per heavy atom. The van der Waals surface area contributed by atoms with Crippen LogP contribution in [0.15, 0.2) is 0 Å². The summed E-state index contributed by atoms with van der Waals surface area (Å²) >= 11 is 0. The van der Waals surface area contributed by atoms with Crippen molar-refractivity contribution < 1.29 is 48.0 Å². The van der Waals surface area contributed by atoms with E-state index in [1.807, 2.05) is 0 Å². The maximum absolute atomic E-state index is 11.7. The van der Waals surface area contributed by atoms with Crippen molar-refractivity contribution in [2.75, 3.05) is 65.9 Å². The fourth-order valence-corrected chi connectivity index (χ4v) is 2.46. The largest absolute Gasteiger partial charge is 0.480 e. The number of aliphatic carboxylic acids is 1. The van der Waals surface area contributed by atoms with Crippen molar-refractivity contribution in [3.8, 4) is 0 Å². The van der Waals surface area contributed by atoms with Crippen LogP contribution in [0.2, 0.25) is 0 Å². The lowest BCUT2D eigenvalue weighted by molar-refractivity contribution is -0.143. The van der Waals surface area contributed by atoms with Crippen LogP contribution in [0.4, 0.5) is 0 Å². The van der Waals surface area contributed by atoms with E-state index in [-0.39, 0.29) is 70.0 Å². The highest BCUT2D eigenvalue weighted by atomic mass is 16.5. The van der Waals surface area contributed by atoms with Gasteiger partial charge in [-0.2, -0.15) is 0 Å². The summed E-state index contributed by atoms with van der Waals surface area (Å²) in [5.41, 5.74) is 0. The summed E-state index contributed by atoms with van der Waals surface area (Å²) in [5.74, 6) is -2.26. The molecular formula is C22H39N3O10. The van der Waals surface area contributed by atoms with E-state index in [2.05, 4.69) is 16.0 Å². The number of Topliss-reactive ketones (excluding diaryl/α,β-unsaturated/α-hetero) is 1. The molecule has 4 N–H and O–H groups in total. The normalized spacial score (nSPS) is 11.5. The van der Waals surface area contributed by atoms with Gasteiger partial charge in [0.15, 0.2) is 0 Å². The molecule has 0 unspecified atom stereocenters. The van der Waals surface area contributed by atoms with Crippen LogP contribution in [0, 0.1) is 0 Å². The molecule has 0 radical (unpaired) electrons. The molecule has 0 fully saturated rings. The molecule has 0 heterocycles. The molecule has 0 aromatic rings. The molecule has 3 amide bonds. The lowest BCUT2D eigenvalue weighted by Crippen LogP contribution is -2.42. The van der Waals surface area contributed by atoms with Crippen LogP contribution in [-0.4, -0.2) is 107 Å². The Hall–Kier alpha value is -2.61. The summed E-state index contributed by atoms with van der Waals surface area (Å²) in [6.45, 7) is 5.30. The highest BCUT2D eigenvalue weighted by molar-refractivity contribution is 5.85. The van der Waals surface area contributed by atoms with E-state index in [4.69, 9.17) is 24.1 Å². The quantitative estimate of drug-likeness (QED) is 0.126. The second kappa shape index (κ2) is 21.9. The molecule has 0 aliphatic carbocycles. The van der Waals surface area contributed by atoms with Crippen molar-refractivity contribution in [3.05, 3.63) is 0 Å². The van der Waals surface area contributed by atoms with E-state index in [1.165, 1.54) is 6.92 Å². The summed E-state index contributed by atoms with van der Waals surface area (Å²) in [6, 6.07) is -1.14. The fraction of sp³-hybridized carbons (Fsp3) is 0.773. The van der Waals surface area contributed by atoms with Gasteiger partial charge in [0.2, 0.25) is 17.7 Å². The zero-order chi connectivity index (χ0) is 26.3. The predicted octanol–water partition coefficient (Wildman–Crippen LogP) is -0.976. The molecule has 0 bridgehead atoms. The first-order valence-corrected chi connectivity index (χ1v) is 11.6. The third kappa shape index (κ3) is 21.6. The standard InChI is InChI=1S/C22H39N3O10/c1-3-19(27)23-7-11-32-9-4-10-34-15-20(28)24-8-12-33-13-14-35-16-21(29)25-18(22(30)31)6-5-17(2)26/h18H,3-16H2,1-2H3,(H,23,27)(H,24,28)(H,25,29)(H,30,31)/t18-/m0/s1. The number of amides is 3. The average molecular weight is 506 g/mol. The molecule has 0 rings (SSSR count). The van der Waals surface area contributed by atoms with E-state index in [0.29, 0.717) is 39.2 Å². The summed E-state index contributed by atoms with van der Waals surface area (Å²) in [6.07, 6.45) is 1.16. The number of carboxylic acids is 1. The third-order valence-corrected chi connectivity index (χ3v) is 4.29. The Morgan fingerprint density at radius 1 is 0.743 bits per heavy atom. The maximum Gasteiger partial charge on any atom is 0.326 e. The van der Waals surface area contributed by atoms with Gasteiger partial charge >= 0.3 is 5.97 Å². The van der Waals surface area contributed by atoms with Crippen molar-refractivity contribution in [2.24, 2.45) is 0 Å². The minimum atomic E-state index is -1.21. The first-order chi connectivity index (χ1) is 16.8. The topological polar surface area (TPSA) is 179 Å². The second-order valence-electron chi connectivity index (χ2n) is 7.44. The number of ether oxygens (including phenoxy) is 4. The monoisotopic (exact) mass is 505 g/mol. The van der Waals surface area contributed by atoms with Crippen molar-refractivity contribution in [3.63, 3.8) is 0 Å². The van der Waals surface area contributed by atoms with E-state index >= 15 is 0 Å². The van der Waals surface area contributed by atoms with Crippen molar-refractivity contribution >= 4 is 29.5 Å². The number of carbonyl (C=O) groups excluding carboxylic acids is 4. The van der Waals surface area contributed by atoms with E-state index in [1.54, 1.807) is 6.92 Å². The van der Waals surface area contributed by atoms with Crippen molar-refractivity contribution in [1.82, 2.24) is 16.0 Å². The zero-order valence-electron chi connectivity index (χ0n) is 20.6. The van der Waals surface area contributed by atoms with Crippen LogP contribution < -0.4 is 16.0 Å². The third-order valence-electron chi connectivity index (χ3n) is 4.29. The van der Waals surface area contributed by atoms with Crippen LogP contribution in [0.1, 0.15) is 39.5 Å². The lowest BCUT2D eigenvalue weighted by Gasteiger charge is -2.14. The van der Waals surface area contributed by atoms with Gasteiger partial charge < -0.3 is 44.8 Å². The van der Waals surface area contributed by atoms with Crippen LogP contribution in [0.25, 0.3) is 0 Å². The molecule has 0 saturated heterocycles. The van der Waals surface area contributed by atoms with Crippen LogP contribution in [0.3, 0.4) is 0 Å². The second-order valence-corrected chi connectivity index (χ2v) is 7.44. The van der Waals surface area contributed by atoms with Gasteiger partial charge in [0.1, 0.15) is 25.0 Å². The Labute approximate surface area is 205 Å². The van der Waals surface area contributed by atoms with Gasteiger partial charge in [0, 0.05) is 39.1 Å². The minimum Gasteiger partial charge on any atom is -0.480 e. The Kier molecular flexibility index (Phi) is 20.3.